The second-order valence-electron chi connectivity index (χ2n) is 2.71. The number of aliphatic hydroxyl groups is 1. The van der Waals surface area contributed by atoms with Crippen molar-refractivity contribution in [1.82, 2.24) is 0 Å². The van der Waals surface area contributed by atoms with Crippen molar-refractivity contribution in [2.75, 3.05) is 6.61 Å². The van der Waals surface area contributed by atoms with Gasteiger partial charge >= 0.3 is 0 Å². The molecule has 86 valence electrons. The lowest BCUT2D eigenvalue weighted by molar-refractivity contribution is 0.260. The number of phenolic OH excluding ortho intramolecular Hbond substituents is 1. The molecule has 15 heavy (non-hydrogen) atoms. The van der Waals surface area contributed by atoms with Crippen molar-refractivity contribution < 1.29 is 23.4 Å². The van der Waals surface area contributed by atoms with E-state index in [9.17, 15) is 13.2 Å². The molecule has 0 bridgehead atoms. The lowest BCUT2D eigenvalue weighted by Gasteiger charge is -2.12. The summed E-state index contributed by atoms with van der Waals surface area (Å²) in [6, 6.07) is -0.881. The first-order chi connectivity index (χ1) is 6.49. The van der Waals surface area contributed by atoms with E-state index < -0.39 is 41.4 Å². The minimum atomic E-state index is -1.72. The first-order valence-corrected chi connectivity index (χ1v) is 3.71. The fourth-order valence-corrected chi connectivity index (χ4v) is 1.04. The first-order valence-electron chi connectivity index (χ1n) is 3.71. The molecule has 1 aromatic carbocycles. The van der Waals surface area contributed by atoms with Gasteiger partial charge in [-0.3, -0.25) is 0 Å². The van der Waals surface area contributed by atoms with Crippen molar-refractivity contribution in [3.63, 3.8) is 0 Å². The number of aliphatic hydroxyl groups excluding tert-OH is 1. The summed E-state index contributed by atoms with van der Waals surface area (Å²) in [7, 11) is 0. The van der Waals surface area contributed by atoms with E-state index in [1.54, 1.807) is 0 Å². The zero-order valence-electron chi connectivity index (χ0n) is 7.38. The molecule has 0 aliphatic heterocycles. The molecule has 0 heterocycles. The Balaban J connectivity index is 0.00000196. The minimum Gasteiger partial charge on any atom is -0.507 e. The zero-order chi connectivity index (χ0) is 10.9. The van der Waals surface area contributed by atoms with Crippen LogP contribution in [-0.2, 0) is 0 Å². The fourth-order valence-electron chi connectivity index (χ4n) is 1.04. The first kappa shape index (κ1) is 14.0. The number of rotatable bonds is 2. The Labute approximate surface area is 89.7 Å². The van der Waals surface area contributed by atoms with Crippen molar-refractivity contribution in [2.24, 2.45) is 5.73 Å². The van der Waals surface area contributed by atoms with Gasteiger partial charge in [0.05, 0.1) is 18.2 Å². The molecular weight excluding hydrogens is 235 g/mol. The van der Waals surface area contributed by atoms with Crippen LogP contribution in [0.15, 0.2) is 6.07 Å². The van der Waals surface area contributed by atoms with Crippen LogP contribution in [0.3, 0.4) is 0 Å². The summed E-state index contributed by atoms with van der Waals surface area (Å²) in [6.45, 7) is -0.685. The monoisotopic (exact) mass is 243 g/mol. The second-order valence-corrected chi connectivity index (χ2v) is 2.71. The minimum absolute atomic E-state index is 0. The van der Waals surface area contributed by atoms with Gasteiger partial charge in [0.2, 0.25) is 0 Å². The Morgan fingerprint density at radius 1 is 1.27 bits per heavy atom. The predicted octanol–water partition coefficient (Wildman–Crippen LogP) is 1.22. The summed E-state index contributed by atoms with van der Waals surface area (Å²) < 4.78 is 38.2. The van der Waals surface area contributed by atoms with E-state index in [-0.39, 0.29) is 12.4 Å². The van der Waals surface area contributed by atoms with Crippen LogP contribution in [0.1, 0.15) is 11.6 Å². The molecule has 0 saturated carbocycles. The molecule has 0 spiro atoms. The number of aromatic hydroxyl groups is 1. The Kier molecular flexibility index (Phi) is 4.86. The molecule has 0 aromatic heterocycles. The predicted molar refractivity (Wildman–Crippen MR) is 49.2 cm³/mol. The number of phenols is 1. The van der Waals surface area contributed by atoms with Gasteiger partial charge in [-0.15, -0.1) is 12.4 Å². The molecule has 0 radical (unpaired) electrons. The van der Waals surface area contributed by atoms with E-state index in [0.717, 1.165) is 0 Å². The van der Waals surface area contributed by atoms with Crippen molar-refractivity contribution in [2.45, 2.75) is 6.04 Å². The van der Waals surface area contributed by atoms with E-state index in [2.05, 4.69) is 0 Å². The van der Waals surface area contributed by atoms with Crippen LogP contribution in [0, 0.1) is 17.5 Å². The van der Waals surface area contributed by atoms with Crippen LogP contribution in [0.5, 0.6) is 5.75 Å². The molecule has 1 aromatic rings. The van der Waals surface area contributed by atoms with E-state index in [0.29, 0.717) is 6.07 Å². The van der Waals surface area contributed by atoms with Gasteiger partial charge in [0.25, 0.3) is 0 Å². The van der Waals surface area contributed by atoms with Crippen LogP contribution in [-0.4, -0.2) is 16.8 Å². The highest BCUT2D eigenvalue weighted by molar-refractivity contribution is 5.85. The largest absolute Gasteiger partial charge is 0.507 e. The molecule has 0 unspecified atom stereocenters. The van der Waals surface area contributed by atoms with Gasteiger partial charge in [-0.2, -0.15) is 0 Å². The number of benzene rings is 1. The topological polar surface area (TPSA) is 66.5 Å². The number of halogens is 4. The highest BCUT2D eigenvalue weighted by Crippen LogP contribution is 2.29. The van der Waals surface area contributed by atoms with Gasteiger partial charge < -0.3 is 15.9 Å². The van der Waals surface area contributed by atoms with Crippen molar-refractivity contribution in [1.29, 1.82) is 0 Å². The van der Waals surface area contributed by atoms with Crippen molar-refractivity contribution >= 4 is 12.4 Å². The molecule has 7 heteroatoms. The van der Waals surface area contributed by atoms with Crippen molar-refractivity contribution in [3.05, 3.63) is 29.1 Å². The second kappa shape index (κ2) is 5.20. The average molecular weight is 244 g/mol. The third kappa shape index (κ3) is 2.53. The third-order valence-corrected chi connectivity index (χ3v) is 1.75. The summed E-state index contributed by atoms with van der Waals surface area (Å²) in [5.74, 6) is -5.62. The van der Waals surface area contributed by atoms with Gasteiger partial charge in [-0.05, 0) is 0 Å². The number of hydrogen-bond acceptors (Lipinski definition) is 3. The van der Waals surface area contributed by atoms with Gasteiger partial charge in [-0.1, -0.05) is 0 Å². The van der Waals surface area contributed by atoms with Gasteiger partial charge in [0, 0.05) is 6.07 Å². The molecule has 0 fully saturated rings. The molecular formula is C8H9ClF3NO2. The highest BCUT2D eigenvalue weighted by Gasteiger charge is 2.22. The number of hydrogen-bond donors (Lipinski definition) is 3. The van der Waals surface area contributed by atoms with Crippen LogP contribution in [0.25, 0.3) is 0 Å². The maximum Gasteiger partial charge on any atom is 0.195 e. The fraction of sp³-hybridized carbons (Fsp3) is 0.250. The lowest BCUT2D eigenvalue weighted by Crippen LogP contribution is -2.17. The van der Waals surface area contributed by atoms with Crippen LogP contribution >= 0.6 is 12.4 Å². The number of nitrogens with two attached hydrogens (primary N) is 1. The highest BCUT2D eigenvalue weighted by atomic mass is 35.5. The van der Waals surface area contributed by atoms with Gasteiger partial charge in [0.1, 0.15) is 5.75 Å². The lowest BCUT2D eigenvalue weighted by atomic mass is 10.1. The van der Waals surface area contributed by atoms with Crippen LogP contribution in [0.2, 0.25) is 0 Å². The van der Waals surface area contributed by atoms with E-state index in [1.165, 1.54) is 0 Å². The third-order valence-electron chi connectivity index (χ3n) is 1.75. The Bertz CT molecular complexity index is 362. The summed E-state index contributed by atoms with van der Waals surface area (Å²) in [5.41, 5.74) is 4.54. The van der Waals surface area contributed by atoms with E-state index in [4.69, 9.17) is 15.9 Å². The molecule has 0 aliphatic rings. The normalized spacial score (nSPS) is 12.1. The summed E-state index contributed by atoms with van der Waals surface area (Å²) in [5, 5.41) is 17.6. The molecule has 4 N–H and O–H groups in total. The van der Waals surface area contributed by atoms with Crippen LogP contribution in [0.4, 0.5) is 13.2 Å². The van der Waals surface area contributed by atoms with Crippen LogP contribution < -0.4 is 5.73 Å². The van der Waals surface area contributed by atoms with Gasteiger partial charge in [0.15, 0.2) is 17.5 Å². The molecule has 0 amide bonds. The van der Waals surface area contributed by atoms with Crippen molar-refractivity contribution in [3.8, 4) is 5.75 Å². The Hall–Kier alpha value is -0.980. The molecule has 0 aliphatic carbocycles. The van der Waals surface area contributed by atoms with E-state index >= 15 is 0 Å². The maximum absolute atomic E-state index is 13.0. The molecule has 1 atom stereocenters. The quantitative estimate of drug-likeness (QED) is 0.685. The summed E-state index contributed by atoms with van der Waals surface area (Å²) >= 11 is 0. The Morgan fingerprint density at radius 2 is 1.80 bits per heavy atom. The van der Waals surface area contributed by atoms with E-state index in [1.807, 2.05) is 0 Å². The zero-order valence-corrected chi connectivity index (χ0v) is 8.19. The maximum atomic E-state index is 13.0. The SMILES string of the molecule is Cl.N[C@H](CO)c1c(O)cc(F)c(F)c1F. The smallest absolute Gasteiger partial charge is 0.195 e. The molecule has 3 nitrogen and oxygen atoms in total. The standard InChI is InChI=1S/C8H8F3NO2.ClH/c9-3-1-5(14)6(4(12)2-13)8(11)7(3)10;/h1,4,13-14H,2,12H2;1H/t4-;/m1./s1. The Morgan fingerprint density at radius 3 is 2.27 bits per heavy atom. The molecule has 1 rings (SSSR count). The average Bonchev–Trinajstić information content (AvgIpc) is 2.14. The summed E-state index contributed by atoms with van der Waals surface area (Å²) in [6.07, 6.45) is 0. The molecule has 0 saturated heterocycles. The summed E-state index contributed by atoms with van der Waals surface area (Å²) in [4.78, 5) is 0. The van der Waals surface area contributed by atoms with Gasteiger partial charge in [-0.25, -0.2) is 13.2 Å².